The van der Waals surface area contributed by atoms with Crippen LogP contribution in [0.25, 0.3) is 0 Å². The second-order valence-corrected chi connectivity index (χ2v) is 22.5. The number of amides is 1. The first kappa shape index (κ1) is 26.0. The summed E-state index contributed by atoms with van der Waals surface area (Å²) in [6, 6.07) is 0.433. The molecule has 0 aromatic rings. The molecule has 0 spiro atoms. The summed E-state index contributed by atoms with van der Waals surface area (Å²) in [7, 11) is 0. The summed E-state index contributed by atoms with van der Waals surface area (Å²) < 4.78 is 7.11. The molecule has 3 heteroatoms. The third-order valence-corrected chi connectivity index (χ3v) is 20.6. The van der Waals surface area contributed by atoms with E-state index in [9.17, 15) is 4.79 Å². The number of unbranched alkanes of at least 4 members (excludes halogenated alkanes) is 5. The van der Waals surface area contributed by atoms with E-state index in [1.54, 1.807) is 0 Å². The van der Waals surface area contributed by atoms with E-state index >= 15 is 0 Å². The van der Waals surface area contributed by atoms with Crippen LogP contribution in [0.5, 0.6) is 0 Å². The number of carbonyl (C=O) groups excluding carboxylic acids is 1. The molecule has 0 radical (unpaired) electrons. The van der Waals surface area contributed by atoms with E-state index in [2.05, 4.69) is 50.5 Å². The Labute approximate surface area is 180 Å². The third-order valence-electron chi connectivity index (χ3n) is 6.43. The normalized spacial score (nSPS) is 19.0. The Hall–Kier alpha value is 0.00870. The van der Waals surface area contributed by atoms with Crippen LogP contribution in [0.15, 0.2) is 9.67 Å². The molecule has 2 nitrogen and oxygen atoms in total. The summed E-state index contributed by atoms with van der Waals surface area (Å²) in [5.74, 6) is 0.952. The zero-order valence-corrected chi connectivity index (χ0v) is 22.8. The molecule has 1 aliphatic heterocycles. The van der Waals surface area contributed by atoms with Crippen LogP contribution >= 0.6 is 0 Å². The molecule has 164 valence electrons. The van der Waals surface area contributed by atoms with Gasteiger partial charge in [-0.25, -0.2) is 0 Å². The Kier molecular flexibility index (Phi) is 13.1. The second kappa shape index (κ2) is 14.1. The van der Waals surface area contributed by atoms with Gasteiger partial charge in [0.2, 0.25) is 0 Å². The van der Waals surface area contributed by atoms with Crippen LogP contribution in [0.1, 0.15) is 106 Å². The van der Waals surface area contributed by atoms with E-state index in [0.29, 0.717) is 17.9 Å². The first-order valence-electron chi connectivity index (χ1n) is 12.5. The van der Waals surface area contributed by atoms with Gasteiger partial charge in [-0.1, -0.05) is 0 Å². The van der Waals surface area contributed by atoms with Gasteiger partial charge in [0, 0.05) is 0 Å². The average molecular weight is 498 g/mol. The van der Waals surface area contributed by atoms with Crippen molar-refractivity contribution in [3.63, 3.8) is 0 Å². The number of hydrogen-bond acceptors (Lipinski definition) is 1. The Morgan fingerprint density at radius 3 is 1.79 bits per heavy atom. The topological polar surface area (TPSA) is 20.3 Å². The number of rotatable bonds is 16. The predicted octanol–water partition coefficient (Wildman–Crippen LogP) is 7.75. The molecule has 1 aliphatic rings. The molecule has 1 saturated heterocycles. The van der Waals surface area contributed by atoms with Gasteiger partial charge in [0.05, 0.1) is 0 Å². The summed E-state index contributed by atoms with van der Waals surface area (Å²) >= 11 is -2.40. The zero-order valence-electron chi connectivity index (χ0n) is 20.0. The van der Waals surface area contributed by atoms with E-state index in [-0.39, 0.29) is 0 Å². The zero-order chi connectivity index (χ0) is 21.0. The van der Waals surface area contributed by atoms with Crippen molar-refractivity contribution in [2.24, 2.45) is 5.92 Å². The maximum absolute atomic E-state index is 13.1. The molecule has 1 heterocycles. The van der Waals surface area contributed by atoms with Gasteiger partial charge in [0.25, 0.3) is 0 Å². The molecule has 0 aromatic heterocycles. The number of nitrogens with zero attached hydrogens (tertiary/aromatic N) is 1. The van der Waals surface area contributed by atoms with E-state index in [1.807, 2.05) is 0 Å². The molecule has 28 heavy (non-hydrogen) atoms. The van der Waals surface area contributed by atoms with Crippen LogP contribution in [0.4, 0.5) is 0 Å². The molecule has 1 amide bonds. The molecular formula is C25H49NOSn. The third kappa shape index (κ3) is 8.03. The molecule has 0 aliphatic carbocycles. The van der Waals surface area contributed by atoms with Crippen molar-refractivity contribution in [3.05, 3.63) is 9.67 Å². The van der Waals surface area contributed by atoms with Crippen LogP contribution in [-0.2, 0) is 4.79 Å². The van der Waals surface area contributed by atoms with Gasteiger partial charge < -0.3 is 0 Å². The van der Waals surface area contributed by atoms with Gasteiger partial charge in [-0.3, -0.25) is 0 Å². The number of hydrogen-bond donors (Lipinski definition) is 0. The van der Waals surface area contributed by atoms with Gasteiger partial charge in [-0.15, -0.1) is 0 Å². The van der Waals surface area contributed by atoms with Crippen LogP contribution in [0.2, 0.25) is 13.3 Å². The monoisotopic (exact) mass is 499 g/mol. The van der Waals surface area contributed by atoms with Crippen molar-refractivity contribution >= 4 is 24.3 Å². The van der Waals surface area contributed by atoms with Crippen LogP contribution in [0.3, 0.4) is 0 Å². The second-order valence-electron chi connectivity index (χ2n) is 9.64. The Morgan fingerprint density at radius 2 is 1.36 bits per heavy atom. The van der Waals surface area contributed by atoms with E-state index in [1.165, 1.54) is 83.1 Å². The maximum atomic E-state index is 13.1. The summed E-state index contributed by atoms with van der Waals surface area (Å²) in [4.78, 5) is 15.3. The average Bonchev–Trinajstić information content (AvgIpc) is 2.69. The van der Waals surface area contributed by atoms with E-state index < -0.39 is 18.4 Å². The Morgan fingerprint density at radius 1 is 0.857 bits per heavy atom. The van der Waals surface area contributed by atoms with Crippen LogP contribution in [0, 0.1) is 5.92 Å². The first-order chi connectivity index (χ1) is 13.4. The van der Waals surface area contributed by atoms with Crippen LogP contribution < -0.4 is 0 Å². The fourth-order valence-corrected chi connectivity index (χ4v) is 19.9. The predicted molar refractivity (Wildman–Crippen MR) is 127 cm³/mol. The summed E-state index contributed by atoms with van der Waals surface area (Å²) in [5, 5.41) is 0. The minimum atomic E-state index is -2.40. The molecule has 0 bridgehead atoms. The summed E-state index contributed by atoms with van der Waals surface area (Å²) in [6.07, 6.45) is 13.0. The van der Waals surface area contributed by atoms with Gasteiger partial charge >= 0.3 is 181 Å². The van der Waals surface area contributed by atoms with Crippen molar-refractivity contribution in [3.8, 4) is 0 Å². The Bertz CT molecular complexity index is 449. The van der Waals surface area contributed by atoms with Crippen molar-refractivity contribution in [1.82, 2.24) is 4.90 Å². The fraction of sp³-hybridized carbons (Fsp3) is 0.880. The molecule has 0 N–H and O–H groups in total. The molecule has 1 rings (SSSR count). The molecular weight excluding hydrogens is 449 g/mol. The van der Waals surface area contributed by atoms with Gasteiger partial charge in [0.1, 0.15) is 0 Å². The van der Waals surface area contributed by atoms with E-state index in [4.69, 9.17) is 0 Å². The number of likely N-dealkylation sites (tertiary alicyclic amines) is 1. The number of β-lactam (4-membered cyclic amide) rings is 1. The van der Waals surface area contributed by atoms with Gasteiger partial charge in [0.15, 0.2) is 0 Å². The molecule has 1 atom stereocenters. The molecule has 1 unspecified atom stereocenters. The number of carbonyl (C=O) groups is 1. The van der Waals surface area contributed by atoms with Crippen molar-refractivity contribution in [2.45, 2.75) is 125 Å². The van der Waals surface area contributed by atoms with Crippen LogP contribution in [-0.4, -0.2) is 41.8 Å². The molecule has 0 saturated carbocycles. The molecule has 0 aromatic carbocycles. The van der Waals surface area contributed by atoms with Crippen molar-refractivity contribution in [2.75, 3.05) is 6.54 Å². The quantitative estimate of drug-likeness (QED) is 0.0923. The summed E-state index contributed by atoms with van der Waals surface area (Å²) in [5.41, 5.74) is 1.26. The first-order valence-corrected chi connectivity index (χ1v) is 20.2. The van der Waals surface area contributed by atoms with E-state index in [0.717, 1.165) is 6.54 Å². The van der Waals surface area contributed by atoms with Crippen molar-refractivity contribution in [1.29, 1.82) is 0 Å². The Balaban J connectivity index is 3.11. The standard InChI is InChI=1S/C13H22NO.3C4H9.Sn/c1-5-6-7-8-12-11(4)13(15)14(12)9-10(2)3;3*1-3-4-2;/h4,10,12H,5-9H2,1-3H3;3*1,3-4H2,2H3;. The fourth-order valence-electron chi connectivity index (χ4n) is 4.72. The summed E-state index contributed by atoms with van der Waals surface area (Å²) in [6.45, 7) is 14.7. The minimum absolute atomic E-state index is 0.390. The molecule has 1 fully saturated rings. The SMILES string of the molecule is CCCCCC1/C(=[CH]/[Sn]([CH2]CCC)([CH2]CCC)[CH2]CCC)C(=O)N1CC(C)C. The van der Waals surface area contributed by atoms with Gasteiger partial charge in [-0.05, 0) is 0 Å². The van der Waals surface area contributed by atoms with Gasteiger partial charge in [-0.2, -0.15) is 0 Å². The van der Waals surface area contributed by atoms with Crippen molar-refractivity contribution < 1.29 is 4.79 Å².